The molecule has 0 spiro atoms. The van der Waals surface area contributed by atoms with Crippen molar-refractivity contribution in [1.29, 1.82) is 0 Å². The van der Waals surface area contributed by atoms with E-state index in [1.54, 1.807) is 0 Å². The highest BCUT2D eigenvalue weighted by Crippen LogP contribution is 2.25. The molecule has 0 amide bonds. The number of aliphatic hydroxyl groups excluding tert-OH is 1. The molecule has 1 aromatic heterocycles. The lowest BCUT2D eigenvalue weighted by molar-refractivity contribution is 0.295. The predicted molar refractivity (Wildman–Crippen MR) is 78.3 cm³/mol. The quantitative estimate of drug-likeness (QED) is 0.915. The van der Waals surface area contributed by atoms with Gasteiger partial charge < -0.3 is 9.67 Å². The van der Waals surface area contributed by atoms with Gasteiger partial charge in [-0.2, -0.15) is 0 Å². The second kappa shape index (κ2) is 5.57. The molecule has 1 aromatic carbocycles. The van der Waals surface area contributed by atoms with Gasteiger partial charge in [0.15, 0.2) is 0 Å². The van der Waals surface area contributed by atoms with Gasteiger partial charge >= 0.3 is 0 Å². The minimum Gasteiger partial charge on any atom is -0.396 e. The summed E-state index contributed by atoms with van der Waals surface area (Å²) in [6.45, 7) is 6.59. The van der Waals surface area contributed by atoms with E-state index < -0.39 is 0 Å². The monoisotopic (exact) mass is 258 g/mol. The maximum atomic E-state index is 9.06. The third kappa shape index (κ3) is 2.71. The normalized spacial score (nSPS) is 11.3. The summed E-state index contributed by atoms with van der Waals surface area (Å²) in [4.78, 5) is 4.65. The van der Waals surface area contributed by atoms with Gasteiger partial charge in [0.1, 0.15) is 5.82 Å². The molecule has 0 fully saturated rings. The maximum absolute atomic E-state index is 9.06. The Morgan fingerprint density at radius 1 is 1.21 bits per heavy atom. The van der Waals surface area contributed by atoms with E-state index in [0.29, 0.717) is 12.3 Å². The molecule has 2 rings (SSSR count). The van der Waals surface area contributed by atoms with Crippen molar-refractivity contribution in [3.8, 4) is 11.3 Å². The Morgan fingerprint density at radius 3 is 2.37 bits per heavy atom. The van der Waals surface area contributed by atoms with E-state index in [1.165, 1.54) is 5.56 Å². The second-order valence-electron chi connectivity index (χ2n) is 5.27. The average molecular weight is 258 g/mol. The van der Waals surface area contributed by atoms with Gasteiger partial charge in [0.25, 0.3) is 0 Å². The lowest BCUT2D eigenvalue weighted by Gasteiger charge is -2.06. The van der Waals surface area contributed by atoms with Crippen LogP contribution in [0.3, 0.4) is 0 Å². The minimum atomic E-state index is 0.135. The first-order valence-electron chi connectivity index (χ1n) is 6.78. The van der Waals surface area contributed by atoms with Crippen molar-refractivity contribution in [3.63, 3.8) is 0 Å². The SMILES string of the molecule is Cc1c(-c2ccc(C(C)C)cc2)nc(CCO)n1C. The Balaban J connectivity index is 2.38. The molecule has 3 heteroatoms. The van der Waals surface area contributed by atoms with Crippen LogP contribution in [0, 0.1) is 6.92 Å². The van der Waals surface area contributed by atoms with Gasteiger partial charge in [0, 0.05) is 24.7 Å². The molecule has 0 saturated heterocycles. The van der Waals surface area contributed by atoms with Crippen molar-refractivity contribution in [2.45, 2.75) is 33.1 Å². The lowest BCUT2D eigenvalue weighted by atomic mass is 10.0. The Morgan fingerprint density at radius 2 is 1.84 bits per heavy atom. The van der Waals surface area contributed by atoms with Crippen molar-refractivity contribution in [2.75, 3.05) is 6.61 Å². The molecule has 102 valence electrons. The van der Waals surface area contributed by atoms with Crippen molar-refractivity contribution in [3.05, 3.63) is 41.3 Å². The number of imidazole rings is 1. The van der Waals surface area contributed by atoms with Crippen molar-refractivity contribution in [2.24, 2.45) is 7.05 Å². The molecule has 0 aliphatic rings. The fourth-order valence-electron chi connectivity index (χ4n) is 2.26. The maximum Gasteiger partial charge on any atom is 0.111 e. The molecular formula is C16H22N2O. The van der Waals surface area contributed by atoms with Crippen molar-refractivity contribution in [1.82, 2.24) is 9.55 Å². The third-order valence-corrected chi connectivity index (χ3v) is 3.66. The zero-order chi connectivity index (χ0) is 14.0. The van der Waals surface area contributed by atoms with Gasteiger partial charge in [-0.25, -0.2) is 4.98 Å². The Kier molecular flexibility index (Phi) is 4.05. The van der Waals surface area contributed by atoms with E-state index in [1.807, 2.05) is 7.05 Å². The molecular weight excluding hydrogens is 236 g/mol. The van der Waals surface area contributed by atoms with Crippen LogP contribution in [0.5, 0.6) is 0 Å². The first-order valence-corrected chi connectivity index (χ1v) is 6.78. The summed E-state index contributed by atoms with van der Waals surface area (Å²) in [5, 5.41) is 9.06. The molecule has 0 aliphatic heterocycles. The van der Waals surface area contributed by atoms with E-state index >= 15 is 0 Å². The number of nitrogens with zero attached hydrogens (tertiary/aromatic N) is 2. The van der Waals surface area contributed by atoms with Gasteiger partial charge in [-0.05, 0) is 18.4 Å². The number of benzene rings is 1. The van der Waals surface area contributed by atoms with Crippen LogP contribution in [0.2, 0.25) is 0 Å². The molecule has 0 saturated carbocycles. The number of hydrogen-bond acceptors (Lipinski definition) is 2. The van der Waals surface area contributed by atoms with E-state index in [-0.39, 0.29) is 6.61 Å². The summed E-state index contributed by atoms with van der Waals surface area (Å²) in [5.41, 5.74) is 4.64. The first kappa shape index (κ1) is 13.8. The highest BCUT2D eigenvalue weighted by atomic mass is 16.3. The van der Waals surface area contributed by atoms with Crippen LogP contribution < -0.4 is 0 Å². The van der Waals surface area contributed by atoms with Crippen LogP contribution in [-0.2, 0) is 13.5 Å². The number of hydrogen-bond donors (Lipinski definition) is 1. The largest absolute Gasteiger partial charge is 0.396 e. The van der Waals surface area contributed by atoms with Crippen molar-refractivity contribution < 1.29 is 5.11 Å². The molecule has 1 heterocycles. The molecule has 2 aromatic rings. The van der Waals surface area contributed by atoms with Gasteiger partial charge in [-0.1, -0.05) is 38.1 Å². The standard InChI is InChI=1S/C16H22N2O/c1-11(2)13-5-7-14(8-6-13)16-12(3)18(4)15(17-16)9-10-19/h5-8,11,19H,9-10H2,1-4H3. The smallest absolute Gasteiger partial charge is 0.111 e. The number of aromatic nitrogens is 2. The molecule has 0 radical (unpaired) electrons. The van der Waals surface area contributed by atoms with Crippen LogP contribution in [-0.4, -0.2) is 21.3 Å². The van der Waals surface area contributed by atoms with Crippen molar-refractivity contribution >= 4 is 0 Å². The third-order valence-electron chi connectivity index (χ3n) is 3.66. The molecule has 19 heavy (non-hydrogen) atoms. The van der Waals surface area contributed by atoms with Gasteiger partial charge in [-0.3, -0.25) is 0 Å². The zero-order valence-electron chi connectivity index (χ0n) is 12.1. The lowest BCUT2D eigenvalue weighted by Crippen LogP contribution is -2.01. The minimum absolute atomic E-state index is 0.135. The highest BCUT2D eigenvalue weighted by molar-refractivity contribution is 5.62. The second-order valence-corrected chi connectivity index (χ2v) is 5.27. The van der Waals surface area contributed by atoms with E-state index in [4.69, 9.17) is 5.11 Å². The van der Waals surface area contributed by atoms with Gasteiger partial charge in [0.05, 0.1) is 12.3 Å². The fourth-order valence-corrected chi connectivity index (χ4v) is 2.26. The van der Waals surface area contributed by atoms with Crippen LogP contribution in [0.15, 0.2) is 24.3 Å². The molecule has 1 N–H and O–H groups in total. The Labute approximate surface area is 114 Å². The summed E-state index contributed by atoms with van der Waals surface area (Å²) in [5.74, 6) is 1.48. The zero-order valence-corrected chi connectivity index (χ0v) is 12.1. The molecule has 0 atom stereocenters. The Bertz CT molecular complexity index is 553. The summed E-state index contributed by atoms with van der Waals surface area (Å²) in [6.07, 6.45) is 0.599. The average Bonchev–Trinajstić information content (AvgIpc) is 2.68. The highest BCUT2D eigenvalue weighted by Gasteiger charge is 2.12. The van der Waals surface area contributed by atoms with Crippen LogP contribution in [0.25, 0.3) is 11.3 Å². The van der Waals surface area contributed by atoms with E-state index in [0.717, 1.165) is 22.8 Å². The van der Waals surface area contributed by atoms with Crippen LogP contribution >= 0.6 is 0 Å². The van der Waals surface area contributed by atoms with Gasteiger partial charge in [0.2, 0.25) is 0 Å². The van der Waals surface area contributed by atoms with Crippen LogP contribution in [0.4, 0.5) is 0 Å². The molecule has 0 unspecified atom stereocenters. The summed E-state index contributed by atoms with van der Waals surface area (Å²) >= 11 is 0. The fraction of sp³-hybridized carbons (Fsp3) is 0.438. The van der Waals surface area contributed by atoms with E-state index in [2.05, 4.69) is 54.6 Å². The predicted octanol–water partition coefficient (Wildman–Crippen LogP) is 3.05. The molecule has 0 bridgehead atoms. The van der Waals surface area contributed by atoms with E-state index in [9.17, 15) is 0 Å². The summed E-state index contributed by atoms with van der Waals surface area (Å²) < 4.78 is 2.06. The van der Waals surface area contributed by atoms with Crippen LogP contribution in [0.1, 0.15) is 36.8 Å². The number of rotatable bonds is 4. The molecule has 3 nitrogen and oxygen atoms in total. The first-order chi connectivity index (χ1) is 9.04. The molecule has 0 aliphatic carbocycles. The number of aliphatic hydroxyl groups is 1. The summed E-state index contributed by atoms with van der Waals surface area (Å²) in [6, 6.07) is 8.60. The topological polar surface area (TPSA) is 38.1 Å². The van der Waals surface area contributed by atoms with Gasteiger partial charge in [-0.15, -0.1) is 0 Å². The summed E-state index contributed by atoms with van der Waals surface area (Å²) in [7, 11) is 2.00. The Hall–Kier alpha value is -1.61.